The number of furan rings is 1. The Morgan fingerprint density at radius 2 is 1.82 bits per heavy atom. The van der Waals surface area contributed by atoms with Gasteiger partial charge in [-0.15, -0.1) is 0 Å². The molecule has 1 fully saturated rings. The summed E-state index contributed by atoms with van der Waals surface area (Å²) in [7, 11) is -4.09. The lowest BCUT2D eigenvalue weighted by Crippen LogP contribution is -3.00. The van der Waals surface area contributed by atoms with Gasteiger partial charge >= 0.3 is 6.18 Å². The predicted octanol–water partition coefficient (Wildman–Crippen LogP) is 0.808. The fourth-order valence-corrected chi connectivity index (χ4v) is 4.32. The summed E-state index contributed by atoms with van der Waals surface area (Å²) < 4.78 is 71.6. The van der Waals surface area contributed by atoms with E-state index in [0.29, 0.717) is 11.8 Å². The first-order chi connectivity index (χ1) is 12.8. The Balaban J connectivity index is 0.00000280. The van der Waals surface area contributed by atoms with Gasteiger partial charge in [-0.2, -0.15) is 13.2 Å². The van der Waals surface area contributed by atoms with E-state index in [2.05, 4.69) is 9.62 Å². The average Bonchev–Trinajstić information content (AvgIpc) is 3.16. The lowest BCUT2D eigenvalue weighted by molar-refractivity contribution is -0.137. The second kappa shape index (κ2) is 9.30. The zero-order valence-electron chi connectivity index (χ0n) is 15.0. The number of hydrogen-bond donors (Lipinski definition) is 1. The molecular weight excluding hydrogens is 417 g/mol. The first-order valence-corrected chi connectivity index (χ1v) is 10.2. The van der Waals surface area contributed by atoms with Crippen molar-refractivity contribution >= 4 is 10.0 Å². The summed E-state index contributed by atoms with van der Waals surface area (Å²) in [4.78, 5) is 1.73. The number of halogens is 4. The molecule has 1 aromatic heterocycles. The zero-order valence-corrected chi connectivity index (χ0v) is 16.5. The van der Waals surface area contributed by atoms with Gasteiger partial charge in [0.05, 0.1) is 22.8 Å². The van der Waals surface area contributed by atoms with Crippen LogP contribution in [0.3, 0.4) is 0 Å². The Morgan fingerprint density at radius 1 is 1.11 bits per heavy atom. The topological polar surface area (TPSA) is 62.6 Å². The van der Waals surface area contributed by atoms with Gasteiger partial charge in [0.2, 0.25) is 10.0 Å². The second-order valence-electron chi connectivity index (χ2n) is 6.51. The highest BCUT2D eigenvalue weighted by atomic mass is 35.5. The predicted molar refractivity (Wildman–Crippen MR) is 93.5 cm³/mol. The standard InChI is InChI=1S/C18H21F3N2O3S.ClH/c19-18(20,21)14-6-4-7-15(12-14)27(24,25)22-13-16(17-8-5-11-26-17)23-9-2-1-3-10-23;/h4-8,11-12,16,22H,1-3,9-10,13H2;1H/p-1. The summed E-state index contributed by atoms with van der Waals surface area (Å²) in [6.45, 7) is 1.65. The van der Waals surface area contributed by atoms with Gasteiger partial charge < -0.3 is 16.8 Å². The highest BCUT2D eigenvalue weighted by molar-refractivity contribution is 7.89. The van der Waals surface area contributed by atoms with Gasteiger partial charge in [0.15, 0.2) is 0 Å². The molecule has 2 aromatic rings. The number of alkyl halides is 3. The Kier molecular flexibility index (Phi) is 7.55. The largest absolute Gasteiger partial charge is 1.00 e. The minimum absolute atomic E-state index is 0. The van der Waals surface area contributed by atoms with E-state index in [4.69, 9.17) is 4.42 Å². The molecule has 28 heavy (non-hydrogen) atoms. The molecule has 1 saturated heterocycles. The Bertz CT molecular complexity index is 851. The quantitative estimate of drug-likeness (QED) is 0.726. The fourth-order valence-electron chi connectivity index (χ4n) is 3.23. The van der Waals surface area contributed by atoms with Crippen molar-refractivity contribution in [2.75, 3.05) is 19.6 Å². The van der Waals surface area contributed by atoms with Crippen molar-refractivity contribution in [2.24, 2.45) is 0 Å². The van der Waals surface area contributed by atoms with Crippen LogP contribution < -0.4 is 17.1 Å². The molecule has 156 valence electrons. The summed E-state index contributed by atoms with van der Waals surface area (Å²) in [5.41, 5.74) is -0.996. The molecule has 0 aliphatic carbocycles. The molecule has 1 N–H and O–H groups in total. The summed E-state index contributed by atoms with van der Waals surface area (Å²) in [6.07, 6.45) is 0.0656. The summed E-state index contributed by atoms with van der Waals surface area (Å²) >= 11 is 0. The summed E-state index contributed by atoms with van der Waals surface area (Å²) in [6, 6.07) is 6.93. The van der Waals surface area contributed by atoms with E-state index in [1.54, 1.807) is 12.1 Å². The molecule has 1 unspecified atom stereocenters. The third kappa shape index (κ3) is 5.50. The maximum Gasteiger partial charge on any atom is 0.416 e. The van der Waals surface area contributed by atoms with Crippen molar-refractivity contribution in [2.45, 2.75) is 36.4 Å². The van der Waals surface area contributed by atoms with Crippen LogP contribution in [0.5, 0.6) is 0 Å². The van der Waals surface area contributed by atoms with Gasteiger partial charge in [-0.05, 0) is 56.3 Å². The second-order valence-corrected chi connectivity index (χ2v) is 8.27. The molecule has 2 heterocycles. The molecule has 0 amide bonds. The number of rotatable bonds is 6. The molecular formula is C18H21ClF3N2O3S-. The van der Waals surface area contributed by atoms with Gasteiger partial charge in [0.1, 0.15) is 5.76 Å². The molecule has 1 aliphatic heterocycles. The SMILES string of the molecule is O=S(=O)(NCC(c1ccco1)N1CCCCC1)c1cccc(C(F)(F)F)c1.[Cl-]. The third-order valence-electron chi connectivity index (χ3n) is 4.64. The number of nitrogens with zero attached hydrogens (tertiary/aromatic N) is 1. The highest BCUT2D eigenvalue weighted by Crippen LogP contribution is 2.31. The van der Waals surface area contributed by atoms with E-state index in [1.807, 2.05) is 0 Å². The third-order valence-corrected chi connectivity index (χ3v) is 6.06. The van der Waals surface area contributed by atoms with E-state index in [9.17, 15) is 21.6 Å². The number of likely N-dealkylation sites (tertiary alicyclic amines) is 1. The Morgan fingerprint density at radius 3 is 2.43 bits per heavy atom. The molecule has 0 radical (unpaired) electrons. The molecule has 1 aliphatic rings. The number of sulfonamides is 1. The maximum atomic E-state index is 12.9. The highest BCUT2D eigenvalue weighted by Gasteiger charge is 2.32. The number of piperidine rings is 1. The van der Waals surface area contributed by atoms with Crippen molar-refractivity contribution in [1.29, 1.82) is 0 Å². The number of benzene rings is 1. The Hall–Kier alpha value is -1.55. The van der Waals surface area contributed by atoms with E-state index in [1.165, 1.54) is 6.26 Å². The monoisotopic (exact) mass is 437 g/mol. The van der Waals surface area contributed by atoms with Gasteiger partial charge in [-0.25, -0.2) is 13.1 Å². The average molecular weight is 438 g/mol. The minimum atomic E-state index is -4.60. The van der Waals surface area contributed by atoms with E-state index in [0.717, 1.165) is 50.6 Å². The van der Waals surface area contributed by atoms with Crippen LogP contribution >= 0.6 is 0 Å². The van der Waals surface area contributed by atoms with Crippen LogP contribution in [0.2, 0.25) is 0 Å². The van der Waals surface area contributed by atoms with Crippen LogP contribution in [0.4, 0.5) is 13.2 Å². The van der Waals surface area contributed by atoms with Crippen LogP contribution in [0, 0.1) is 0 Å². The zero-order chi connectivity index (χ0) is 19.5. The van der Waals surface area contributed by atoms with Gasteiger partial charge in [0, 0.05) is 6.54 Å². The van der Waals surface area contributed by atoms with Crippen molar-refractivity contribution < 1.29 is 38.4 Å². The van der Waals surface area contributed by atoms with Crippen LogP contribution in [-0.2, 0) is 16.2 Å². The van der Waals surface area contributed by atoms with E-state index < -0.39 is 26.7 Å². The van der Waals surface area contributed by atoms with Gasteiger partial charge in [-0.1, -0.05) is 12.5 Å². The van der Waals surface area contributed by atoms with Crippen molar-refractivity contribution in [3.05, 3.63) is 54.0 Å². The molecule has 1 aromatic carbocycles. The number of nitrogens with one attached hydrogen (secondary N) is 1. The molecule has 0 spiro atoms. The molecule has 1 atom stereocenters. The van der Waals surface area contributed by atoms with Crippen molar-refractivity contribution in [3.63, 3.8) is 0 Å². The lowest BCUT2D eigenvalue weighted by Gasteiger charge is -2.33. The molecule has 0 saturated carbocycles. The first kappa shape index (κ1) is 22.7. The first-order valence-electron chi connectivity index (χ1n) is 8.72. The van der Waals surface area contributed by atoms with Crippen LogP contribution in [0.15, 0.2) is 52.0 Å². The van der Waals surface area contributed by atoms with Crippen LogP contribution in [0.25, 0.3) is 0 Å². The smallest absolute Gasteiger partial charge is 0.416 e. The fraction of sp³-hybridized carbons (Fsp3) is 0.444. The molecule has 0 bridgehead atoms. The Labute approximate surface area is 168 Å². The van der Waals surface area contributed by atoms with Gasteiger partial charge in [0.25, 0.3) is 0 Å². The lowest BCUT2D eigenvalue weighted by atomic mass is 10.1. The molecule has 3 rings (SSSR count). The van der Waals surface area contributed by atoms with Crippen molar-refractivity contribution in [1.82, 2.24) is 9.62 Å². The normalized spacial score (nSPS) is 17.1. The maximum absolute atomic E-state index is 12.9. The van der Waals surface area contributed by atoms with Crippen LogP contribution in [0.1, 0.15) is 36.6 Å². The molecule has 10 heteroatoms. The molecule has 5 nitrogen and oxygen atoms in total. The number of hydrogen-bond acceptors (Lipinski definition) is 4. The summed E-state index contributed by atoms with van der Waals surface area (Å²) in [5, 5.41) is 0. The van der Waals surface area contributed by atoms with Crippen LogP contribution in [-0.4, -0.2) is 33.0 Å². The van der Waals surface area contributed by atoms with E-state index >= 15 is 0 Å². The van der Waals surface area contributed by atoms with E-state index in [-0.39, 0.29) is 25.0 Å². The van der Waals surface area contributed by atoms with Crippen molar-refractivity contribution in [3.8, 4) is 0 Å². The van der Waals surface area contributed by atoms with Gasteiger partial charge in [-0.3, -0.25) is 4.90 Å². The minimum Gasteiger partial charge on any atom is -1.00 e. The summed E-state index contributed by atoms with van der Waals surface area (Å²) in [5.74, 6) is 0.628.